The van der Waals surface area contributed by atoms with Crippen LogP contribution in [0.4, 0.5) is 5.69 Å². The largest absolute Gasteiger partial charge is 0.495 e. The van der Waals surface area contributed by atoms with Crippen molar-refractivity contribution in [2.24, 2.45) is 0 Å². The van der Waals surface area contributed by atoms with E-state index in [-0.39, 0.29) is 22.8 Å². The molecule has 2 aromatic rings. The first kappa shape index (κ1) is 22.6. The first-order valence-corrected chi connectivity index (χ1v) is 11.4. The van der Waals surface area contributed by atoms with Gasteiger partial charge in [-0.05, 0) is 49.6 Å². The second kappa shape index (κ2) is 9.78. The molecule has 3 rings (SSSR count). The molecule has 0 saturated heterocycles. The number of carbonyl (C=O) groups excluding carboxylic acids is 2. The van der Waals surface area contributed by atoms with Gasteiger partial charge < -0.3 is 9.47 Å². The lowest BCUT2D eigenvalue weighted by Gasteiger charge is -2.25. The highest BCUT2D eigenvalue weighted by Crippen LogP contribution is 2.32. The number of benzene rings is 2. The molecule has 0 unspecified atom stereocenters. The number of carbonyl (C=O) groups is 2. The monoisotopic (exact) mass is 443 g/mol. The van der Waals surface area contributed by atoms with E-state index in [4.69, 9.17) is 9.47 Å². The third-order valence-electron chi connectivity index (χ3n) is 5.05. The van der Waals surface area contributed by atoms with E-state index in [1.807, 2.05) is 0 Å². The number of ketones is 1. The first-order chi connectivity index (χ1) is 14.9. The molecule has 0 heterocycles. The van der Waals surface area contributed by atoms with Crippen molar-refractivity contribution in [3.05, 3.63) is 66.7 Å². The van der Waals surface area contributed by atoms with Crippen LogP contribution in [0.15, 0.2) is 66.1 Å². The Morgan fingerprint density at radius 2 is 1.97 bits per heavy atom. The van der Waals surface area contributed by atoms with Crippen molar-refractivity contribution < 1.29 is 27.5 Å². The fraction of sp³-hybridized carbons (Fsp3) is 0.304. The summed E-state index contributed by atoms with van der Waals surface area (Å²) in [6, 6.07) is 12.3. The molecule has 1 aliphatic rings. The van der Waals surface area contributed by atoms with Crippen molar-refractivity contribution in [1.29, 1.82) is 0 Å². The number of nitrogens with zero attached hydrogens (tertiary/aromatic N) is 1. The summed E-state index contributed by atoms with van der Waals surface area (Å²) in [7, 11) is -2.58. The summed E-state index contributed by atoms with van der Waals surface area (Å²) in [6.45, 7) is 3.66. The summed E-state index contributed by atoms with van der Waals surface area (Å²) < 4.78 is 38.7. The van der Waals surface area contributed by atoms with Gasteiger partial charge in [-0.2, -0.15) is 0 Å². The molecule has 7 nitrogen and oxygen atoms in total. The smallest absolute Gasteiger partial charge is 0.338 e. The number of methoxy groups -OCH3 is 1. The van der Waals surface area contributed by atoms with Gasteiger partial charge in [-0.3, -0.25) is 9.10 Å². The van der Waals surface area contributed by atoms with E-state index in [9.17, 15) is 18.0 Å². The summed E-state index contributed by atoms with van der Waals surface area (Å²) in [5, 5.41) is 0. The van der Waals surface area contributed by atoms with E-state index in [0.717, 1.165) is 17.1 Å². The van der Waals surface area contributed by atoms with Gasteiger partial charge in [0.15, 0.2) is 11.9 Å². The second-order valence-electron chi connectivity index (χ2n) is 7.13. The molecule has 8 heteroatoms. The minimum Gasteiger partial charge on any atom is -0.495 e. The number of para-hydroxylation sites is 2. The maximum atomic E-state index is 13.4. The Balaban J connectivity index is 1.92. The summed E-state index contributed by atoms with van der Waals surface area (Å²) in [5.41, 5.74) is 0.420. The zero-order valence-corrected chi connectivity index (χ0v) is 18.1. The molecular formula is C23H25NO6S. The van der Waals surface area contributed by atoms with Gasteiger partial charge in [-0.15, -0.1) is 6.58 Å². The molecule has 0 radical (unpaired) electrons. The number of rotatable bonds is 8. The van der Waals surface area contributed by atoms with Gasteiger partial charge in [-0.1, -0.05) is 24.3 Å². The summed E-state index contributed by atoms with van der Waals surface area (Å²) in [4.78, 5) is 24.5. The number of anilines is 1. The number of ether oxygens (including phenoxy) is 2. The van der Waals surface area contributed by atoms with Crippen molar-refractivity contribution >= 4 is 27.5 Å². The highest BCUT2D eigenvalue weighted by atomic mass is 32.2. The van der Waals surface area contributed by atoms with Gasteiger partial charge in [-0.25, -0.2) is 13.2 Å². The van der Waals surface area contributed by atoms with Crippen molar-refractivity contribution in [3.8, 4) is 5.75 Å². The SMILES string of the molecule is C=CCN(c1ccccc1OC)S(=O)(=O)c1cccc(C(=O)O[C@@H]2CCCCC2=O)c1. The van der Waals surface area contributed by atoms with Crippen LogP contribution in [0.25, 0.3) is 0 Å². The average Bonchev–Trinajstić information content (AvgIpc) is 2.79. The van der Waals surface area contributed by atoms with Crippen LogP contribution in [0, 0.1) is 0 Å². The van der Waals surface area contributed by atoms with Gasteiger partial charge in [0.1, 0.15) is 5.75 Å². The number of sulfonamides is 1. The van der Waals surface area contributed by atoms with Crippen molar-refractivity contribution in [2.75, 3.05) is 18.0 Å². The van der Waals surface area contributed by atoms with Gasteiger partial charge in [0.05, 0.1) is 29.8 Å². The van der Waals surface area contributed by atoms with E-state index >= 15 is 0 Å². The molecule has 0 spiro atoms. The van der Waals surface area contributed by atoms with Crippen LogP contribution in [0.3, 0.4) is 0 Å². The lowest BCUT2D eigenvalue weighted by Crippen LogP contribution is -2.32. The maximum absolute atomic E-state index is 13.4. The Morgan fingerprint density at radius 3 is 2.68 bits per heavy atom. The summed E-state index contributed by atoms with van der Waals surface area (Å²) in [6.07, 6.45) is 3.19. The van der Waals surface area contributed by atoms with Crippen LogP contribution in [0.1, 0.15) is 36.0 Å². The summed E-state index contributed by atoms with van der Waals surface area (Å²) >= 11 is 0. The molecule has 31 heavy (non-hydrogen) atoms. The van der Waals surface area contributed by atoms with Gasteiger partial charge >= 0.3 is 5.97 Å². The molecule has 0 amide bonds. The molecule has 0 N–H and O–H groups in total. The first-order valence-electron chi connectivity index (χ1n) is 9.99. The Kier molecular flexibility index (Phi) is 7.12. The fourth-order valence-electron chi connectivity index (χ4n) is 3.46. The fourth-order valence-corrected chi connectivity index (χ4v) is 4.95. The third kappa shape index (κ3) is 4.96. The van der Waals surface area contributed by atoms with E-state index in [1.54, 1.807) is 24.3 Å². The molecule has 0 aliphatic heterocycles. The molecule has 1 saturated carbocycles. The topological polar surface area (TPSA) is 90.0 Å². The predicted octanol–water partition coefficient (Wildman–Crippen LogP) is 3.75. The number of Topliss-reactive ketones (excluding diaryl/α,β-unsaturated/α-hetero) is 1. The summed E-state index contributed by atoms with van der Waals surface area (Å²) in [5.74, 6) is -0.430. The molecule has 0 bridgehead atoms. The Labute approximate surface area is 182 Å². The minimum atomic E-state index is -4.04. The van der Waals surface area contributed by atoms with Crippen LogP contribution in [-0.2, 0) is 19.6 Å². The normalized spacial score (nSPS) is 16.4. The molecule has 2 aromatic carbocycles. The minimum absolute atomic E-state index is 0.00789. The molecule has 1 fully saturated rings. The zero-order chi connectivity index (χ0) is 22.4. The quantitative estimate of drug-likeness (QED) is 0.456. The highest BCUT2D eigenvalue weighted by Gasteiger charge is 2.29. The third-order valence-corrected chi connectivity index (χ3v) is 6.83. The molecular weight excluding hydrogens is 418 g/mol. The number of hydrogen-bond donors (Lipinski definition) is 0. The second-order valence-corrected chi connectivity index (χ2v) is 8.99. The van der Waals surface area contributed by atoms with E-state index < -0.39 is 22.1 Å². The maximum Gasteiger partial charge on any atom is 0.338 e. The Hall–Kier alpha value is -3.13. The predicted molar refractivity (Wildman–Crippen MR) is 117 cm³/mol. The molecule has 164 valence electrons. The van der Waals surface area contributed by atoms with E-state index in [0.29, 0.717) is 24.3 Å². The molecule has 0 aromatic heterocycles. The van der Waals surface area contributed by atoms with Crippen LogP contribution >= 0.6 is 0 Å². The highest BCUT2D eigenvalue weighted by molar-refractivity contribution is 7.92. The zero-order valence-electron chi connectivity index (χ0n) is 17.3. The van der Waals surface area contributed by atoms with Gasteiger partial charge in [0.25, 0.3) is 10.0 Å². The number of esters is 1. The van der Waals surface area contributed by atoms with Crippen LogP contribution in [0.5, 0.6) is 5.75 Å². The standard InChI is InChI=1S/C23H25NO6S/c1-3-15-24(19-11-4-6-13-21(19)29-2)31(27,28)18-10-8-9-17(16-18)23(26)30-22-14-7-5-12-20(22)25/h3-4,6,8-11,13,16,22H,1,5,7,12,14-15H2,2H3/t22-/m1/s1. The lowest BCUT2D eigenvalue weighted by molar-refractivity contribution is -0.129. The average molecular weight is 444 g/mol. The van der Waals surface area contributed by atoms with E-state index in [2.05, 4.69) is 6.58 Å². The van der Waals surface area contributed by atoms with Crippen LogP contribution < -0.4 is 9.04 Å². The van der Waals surface area contributed by atoms with Crippen molar-refractivity contribution in [1.82, 2.24) is 0 Å². The number of hydrogen-bond acceptors (Lipinski definition) is 6. The molecule has 1 atom stereocenters. The lowest BCUT2D eigenvalue weighted by atomic mass is 9.96. The van der Waals surface area contributed by atoms with Gasteiger partial charge in [0.2, 0.25) is 0 Å². The van der Waals surface area contributed by atoms with Crippen molar-refractivity contribution in [2.45, 2.75) is 36.7 Å². The van der Waals surface area contributed by atoms with Crippen molar-refractivity contribution in [3.63, 3.8) is 0 Å². The van der Waals surface area contributed by atoms with Gasteiger partial charge in [0, 0.05) is 6.42 Å². The Morgan fingerprint density at radius 1 is 1.19 bits per heavy atom. The van der Waals surface area contributed by atoms with Crippen LogP contribution in [-0.4, -0.2) is 39.9 Å². The molecule has 1 aliphatic carbocycles. The Bertz CT molecular complexity index is 1080. The van der Waals surface area contributed by atoms with E-state index in [1.165, 1.54) is 37.5 Å². The van der Waals surface area contributed by atoms with Crippen LogP contribution in [0.2, 0.25) is 0 Å².